The van der Waals surface area contributed by atoms with Crippen LogP contribution in [-0.4, -0.2) is 63.5 Å². The van der Waals surface area contributed by atoms with E-state index in [1.807, 2.05) is 54.6 Å². The number of alkyl carbamates (subject to hydrolysis) is 1. The van der Waals surface area contributed by atoms with Crippen molar-refractivity contribution >= 4 is 36.2 Å². The number of carboxylic acids is 1. The lowest BCUT2D eigenvalue weighted by Gasteiger charge is -2.20. The Morgan fingerprint density at radius 2 is 1.70 bits per heavy atom. The number of aliphatic carboxylic acids is 1. The minimum absolute atomic E-state index is 0.0362. The van der Waals surface area contributed by atoms with Gasteiger partial charge in [-0.25, -0.2) is 23.9 Å². The SMILES string of the molecule is CC(C)(C)OC(=O)n1cnc2c1=CC(CC(=O)NC[C@H](NC(=O)OCC1c3ccccc3-c3ccccc31)C(=O)O)CC=2. The normalized spacial score (nSPS) is 15.9. The predicted molar refractivity (Wildman–Crippen MR) is 157 cm³/mol. The number of nitrogens with one attached hydrogen (secondary N) is 2. The van der Waals surface area contributed by atoms with Gasteiger partial charge in [0.15, 0.2) is 0 Å². The first-order valence-electron chi connectivity index (χ1n) is 14.1. The van der Waals surface area contributed by atoms with Gasteiger partial charge in [-0.2, -0.15) is 0 Å². The quantitative estimate of drug-likeness (QED) is 0.365. The molecule has 224 valence electrons. The van der Waals surface area contributed by atoms with Crippen LogP contribution in [0.15, 0.2) is 54.9 Å². The second-order valence-corrected chi connectivity index (χ2v) is 11.6. The van der Waals surface area contributed by atoms with E-state index in [0.717, 1.165) is 22.3 Å². The van der Waals surface area contributed by atoms with E-state index in [4.69, 9.17) is 9.47 Å². The Morgan fingerprint density at radius 3 is 2.33 bits per heavy atom. The Bertz CT molecular complexity index is 1640. The highest BCUT2D eigenvalue weighted by molar-refractivity contribution is 5.83. The van der Waals surface area contributed by atoms with Gasteiger partial charge >= 0.3 is 18.2 Å². The zero-order valence-electron chi connectivity index (χ0n) is 24.2. The van der Waals surface area contributed by atoms with Gasteiger partial charge in [-0.15, -0.1) is 0 Å². The Morgan fingerprint density at radius 1 is 1.05 bits per heavy atom. The number of carbonyl (C=O) groups excluding carboxylic acids is 3. The predicted octanol–water partition coefficient (Wildman–Crippen LogP) is 2.75. The molecule has 0 spiro atoms. The fourth-order valence-electron chi connectivity index (χ4n) is 5.36. The van der Waals surface area contributed by atoms with Crippen LogP contribution in [-0.2, 0) is 19.1 Å². The number of hydrogen-bond donors (Lipinski definition) is 3. The van der Waals surface area contributed by atoms with E-state index >= 15 is 0 Å². The average molecular weight is 587 g/mol. The number of fused-ring (bicyclic) bond motifs is 4. The lowest BCUT2D eigenvalue weighted by molar-refractivity contribution is -0.139. The minimum atomic E-state index is -1.39. The number of nitrogens with zero attached hydrogens (tertiary/aromatic N) is 2. The molecule has 3 N–H and O–H groups in total. The molecule has 0 bridgehead atoms. The second-order valence-electron chi connectivity index (χ2n) is 11.6. The van der Waals surface area contributed by atoms with Crippen LogP contribution in [0.5, 0.6) is 0 Å². The monoisotopic (exact) mass is 586 g/mol. The smallest absolute Gasteiger partial charge is 0.420 e. The third-order valence-corrected chi connectivity index (χ3v) is 7.32. The summed E-state index contributed by atoms with van der Waals surface area (Å²) in [6.45, 7) is 5.02. The molecule has 1 aromatic heterocycles. The van der Waals surface area contributed by atoms with Crippen molar-refractivity contribution in [1.82, 2.24) is 20.2 Å². The van der Waals surface area contributed by atoms with E-state index in [9.17, 15) is 24.3 Å². The minimum Gasteiger partial charge on any atom is -0.480 e. The summed E-state index contributed by atoms with van der Waals surface area (Å²) in [4.78, 5) is 54.0. The van der Waals surface area contributed by atoms with Gasteiger partial charge in [0, 0.05) is 18.9 Å². The Hall–Kier alpha value is -4.93. The molecule has 1 unspecified atom stereocenters. The first kappa shape index (κ1) is 29.6. The van der Waals surface area contributed by atoms with Crippen molar-refractivity contribution in [2.75, 3.05) is 13.2 Å². The van der Waals surface area contributed by atoms with Gasteiger partial charge < -0.3 is 25.2 Å². The summed E-state index contributed by atoms with van der Waals surface area (Å²) in [5, 5.41) is 15.8. The fraction of sp³-hybridized carbons (Fsp3) is 0.344. The van der Waals surface area contributed by atoms with Crippen LogP contribution in [0.3, 0.4) is 0 Å². The third kappa shape index (κ3) is 6.77. The van der Waals surface area contributed by atoms with E-state index in [0.29, 0.717) is 17.1 Å². The number of imidazole rings is 1. The number of ether oxygens (including phenoxy) is 2. The number of carboxylic acid groups (broad SMARTS) is 1. The molecule has 1 heterocycles. The first-order chi connectivity index (χ1) is 20.5. The maximum Gasteiger partial charge on any atom is 0.420 e. The molecular weight excluding hydrogens is 552 g/mol. The van der Waals surface area contributed by atoms with Gasteiger partial charge in [0.05, 0.1) is 10.7 Å². The summed E-state index contributed by atoms with van der Waals surface area (Å²) in [5.74, 6) is -2.13. The van der Waals surface area contributed by atoms with Crippen molar-refractivity contribution in [2.45, 2.75) is 51.2 Å². The summed E-state index contributed by atoms with van der Waals surface area (Å²) in [5.41, 5.74) is 3.56. The number of amides is 2. The van der Waals surface area contributed by atoms with Crippen molar-refractivity contribution in [3.8, 4) is 11.1 Å². The lowest BCUT2D eigenvalue weighted by Crippen LogP contribution is -2.49. The lowest BCUT2D eigenvalue weighted by atomic mass is 9.97. The molecule has 0 saturated heterocycles. The Labute approximate surface area is 248 Å². The molecule has 11 heteroatoms. The zero-order valence-corrected chi connectivity index (χ0v) is 24.2. The average Bonchev–Trinajstić information content (AvgIpc) is 3.52. The summed E-state index contributed by atoms with van der Waals surface area (Å²) < 4.78 is 12.2. The molecule has 0 saturated carbocycles. The van der Waals surface area contributed by atoms with E-state index in [-0.39, 0.29) is 31.4 Å². The van der Waals surface area contributed by atoms with E-state index < -0.39 is 35.7 Å². The van der Waals surface area contributed by atoms with Crippen molar-refractivity contribution < 1.29 is 33.8 Å². The highest BCUT2D eigenvalue weighted by Crippen LogP contribution is 2.44. The van der Waals surface area contributed by atoms with E-state index in [2.05, 4.69) is 15.6 Å². The third-order valence-electron chi connectivity index (χ3n) is 7.32. The number of benzene rings is 2. The van der Waals surface area contributed by atoms with Gasteiger partial charge in [0.25, 0.3) is 0 Å². The number of rotatable bonds is 8. The molecule has 0 radical (unpaired) electrons. The maximum atomic E-state index is 12.7. The number of hydrogen-bond acceptors (Lipinski definition) is 7. The largest absolute Gasteiger partial charge is 0.480 e. The van der Waals surface area contributed by atoms with Gasteiger partial charge in [0.1, 0.15) is 24.6 Å². The van der Waals surface area contributed by atoms with Crippen LogP contribution in [0.1, 0.15) is 50.7 Å². The van der Waals surface area contributed by atoms with Crippen molar-refractivity contribution in [3.05, 3.63) is 76.7 Å². The maximum absolute atomic E-state index is 12.7. The molecule has 2 amide bonds. The molecule has 0 fully saturated rings. The van der Waals surface area contributed by atoms with Crippen molar-refractivity contribution in [2.24, 2.45) is 5.92 Å². The number of aromatic nitrogens is 2. The van der Waals surface area contributed by atoms with E-state index in [1.165, 1.54) is 10.9 Å². The fourth-order valence-corrected chi connectivity index (χ4v) is 5.36. The summed E-state index contributed by atoms with van der Waals surface area (Å²) >= 11 is 0. The van der Waals surface area contributed by atoms with Crippen LogP contribution < -0.4 is 21.3 Å². The van der Waals surface area contributed by atoms with Gasteiger partial charge in [-0.1, -0.05) is 60.7 Å². The molecular formula is C32H34N4O7. The van der Waals surface area contributed by atoms with Crippen LogP contribution in [0.2, 0.25) is 0 Å². The van der Waals surface area contributed by atoms with Gasteiger partial charge in [-0.05, 0) is 55.4 Å². The number of carbonyl (C=O) groups is 4. The van der Waals surface area contributed by atoms with Crippen LogP contribution in [0, 0.1) is 5.92 Å². The highest BCUT2D eigenvalue weighted by atomic mass is 16.6. The molecule has 5 rings (SSSR count). The van der Waals surface area contributed by atoms with Crippen molar-refractivity contribution in [1.29, 1.82) is 0 Å². The highest BCUT2D eigenvalue weighted by Gasteiger charge is 2.30. The van der Waals surface area contributed by atoms with Crippen LogP contribution in [0.4, 0.5) is 9.59 Å². The molecule has 2 aromatic carbocycles. The summed E-state index contributed by atoms with van der Waals surface area (Å²) in [6, 6.07) is 14.4. The van der Waals surface area contributed by atoms with Crippen LogP contribution >= 0.6 is 0 Å². The molecule has 43 heavy (non-hydrogen) atoms. The Balaban J connectivity index is 1.15. The topological polar surface area (TPSA) is 149 Å². The Kier molecular flexibility index (Phi) is 8.33. The van der Waals surface area contributed by atoms with Crippen molar-refractivity contribution in [3.63, 3.8) is 0 Å². The first-order valence-corrected chi connectivity index (χ1v) is 14.1. The molecule has 2 aliphatic carbocycles. The molecule has 11 nitrogen and oxygen atoms in total. The molecule has 2 aliphatic rings. The standard InChI is InChI=1S/C32H34N4O7/c1-32(2,3)43-31(41)36-18-34-25-13-12-19(14-27(25)36)15-28(37)33-16-26(29(38)39)35-30(40)42-17-24-22-10-6-4-8-20(22)21-9-5-7-11-23(21)24/h4-11,13-14,18-19,24,26H,12,15-17H2,1-3H3,(H,33,37)(H,35,40)(H,38,39)/t19?,26-/m0/s1. The molecule has 2 atom stereocenters. The van der Waals surface area contributed by atoms with Crippen LogP contribution in [0.25, 0.3) is 23.3 Å². The zero-order chi connectivity index (χ0) is 30.7. The molecule has 3 aromatic rings. The van der Waals surface area contributed by atoms with E-state index in [1.54, 1.807) is 26.8 Å². The van der Waals surface area contributed by atoms with Gasteiger partial charge in [0.2, 0.25) is 5.91 Å². The summed E-state index contributed by atoms with van der Waals surface area (Å²) in [6.07, 6.45) is 4.13. The summed E-state index contributed by atoms with van der Waals surface area (Å²) in [7, 11) is 0. The molecule has 0 aliphatic heterocycles. The second kappa shape index (κ2) is 12.1. The van der Waals surface area contributed by atoms with Gasteiger partial charge in [-0.3, -0.25) is 4.79 Å².